The van der Waals surface area contributed by atoms with Crippen LogP contribution < -0.4 is 5.73 Å². The van der Waals surface area contributed by atoms with Crippen molar-refractivity contribution in [3.63, 3.8) is 0 Å². The SMILES string of the molecule is CN1C(N)=N[C@](C)(c2cc3c(cc2F)C=C(C2CC2)C3)CS1(=O)=O. The van der Waals surface area contributed by atoms with Crippen LogP contribution in [0.5, 0.6) is 0 Å². The molecule has 1 heterocycles. The zero-order valence-electron chi connectivity index (χ0n) is 13.7. The van der Waals surface area contributed by atoms with E-state index in [-0.39, 0.29) is 11.7 Å². The molecule has 1 aliphatic heterocycles. The van der Waals surface area contributed by atoms with Gasteiger partial charge in [0.15, 0.2) is 0 Å². The van der Waals surface area contributed by atoms with Gasteiger partial charge in [0.05, 0.1) is 5.75 Å². The van der Waals surface area contributed by atoms with E-state index in [1.54, 1.807) is 13.0 Å². The monoisotopic (exact) mass is 349 g/mol. The summed E-state index contributed by atoms with van der Waals surface area (Å²) in [6.45, 7) is 1.62. The lowest BCUT2D eigenvalue weighted by molar-refractivity contribution is 0.457. The van der Waals surface area contributed by atoms with Crippen molar-refractivity contribution in [2.45, 2.75) is 31.7 Å². The fraction of sp³-hybridized carbons (Fsp3) is 0.471. The van der Waals surface area contributed by atoms with Crippen LogP contribution in [0.15, 0.2) is 22.7 Å². The van der Waals surface area contributed by atoms with Crippen molar-refractivity contribution in [2.75, 3.05) is 12.8 Å². The highest BCUT2D eigenvalue weighted by Gasteiger charge is 2.42. The van der Waals surface area contributed by atoms with E-state index in [2.05, 4.69) is 11.1 Å². The van der Waals surface area contributed by atoms with E-state index in [0.717, 1.165) is 21.9 Å². The molecule has 0 amide bonds. The Kier molecular flexibility index (Phi) is 3.13. The van der Waals surface area contributed by atoms with E-state index in [1.165, 1.54) is 31.5 Å². The molecule has 2 aliphatic carbocycles. The molecule has 4 rings (SSSR count). The Morgan fingerprint density at radius 1 is 1.38 bits per heavy atom. The van der Waals surface area contributed by atoms with Gasteiger partial charge in [0.2, 0.25) is 16.0 Å². The molecule has 128 valence electrons. The van der Waals surface area contributed by atoms with Gasteiger partial charge in [0, 0.05) is 12.6 Å². The predicted octanol–water partition coefficient (Wildman–Crippen LogP) is 1.98. The van der Waals surface area contributed by atoms with Crippen LogP contribution in [0.25, 0.3) is 6.08 Å². The summed E-state index contributed by atoms with van der Waals surface area (Å²) in [5.74, 6) is -0.200. The summed E-state index contributed by atoms with van der Waals surface area (Å²) in [7, 11) is -2.25. The number of allylic oxidation sites excluding steroid dienone is 1. The molecule has 0 spiro atoms. The van der Waals surface area contributed by atoms with E-state index in [4.69, 9.17) is 5.73 Å². The molecule has 24 heavy (non-hydrogen) atoms. The third-order valence-corrected chi connectivity index (χ3v) is 7.16. The fourth-order valence-corrected chi connectivity index (χ4v) is 5.06. The Balaban J connectivity index is 1.78. The largest absolute Gasteiger partial charge is 0.369 e. The summed E-state index contributed by atoms with van der Waals surface area (Å²) >= 11 is 0. The first-order chi connectivity index (χ1) is 11.2. The number of halogens is 1. The van der Waals surface area contributed by atoms with Crippen LogP contribution in [0.4, 0.5) is 4.39 Å². The van der Waals surface area contributed by atoms with Crippen molar-refractivity contribution in [2.24, 2.45) is 16.6 Å². The highest BCUT2D eigenvalue weighted by atomic mass is 32.2. The summed E-state index contributed by atoms with van der Waals surface area (Å²) in [6, 6.07) is 3.27. The van der Waals surface area contributed by atoms with Gasteiger partial charge < -0.3 is 5.73 Å². The second-order valence-electron chi connectivity index (χ2n) is 7.17. The molecule has 0 aromatic heterocycles. The maximum atomic E-state index is 14.7. The molecule has 5 nitrogen and oxygen atoms in total. The Bertz CT molecular complexity index is 903. The zero-order chi connectivity index (χ0) is 17.3. The van der Waals surface area contributed by atoms with Gasteiger partial charge in [-0.3, -0.25) is 0 Å². The molecule has 7 heteroatoms. The van der Waals surface area contributed by atoms with Crippen LogP contribution >= 0.6 is 0 Å². The average Bonchev–Trinajstić information content (AvgIpc) is 3.24. The number of benzene rings is 1. The Labute approximate surface area is 141 Å². The van der Waals surface area contributed by atoms with Gasteiger partial charge in [0.25, 0.3) is 0 Å². The highest BCUT2D eigenvalue weighted by molar-refractivity contribution is 7.89. The quantitative estimate of drug-likeness (QED) is 0.887. The molecule has 1 fully saturated rings. The number of sulfonamides is 1. The van der Waals surface area contributed by atoms with Crippen LogP contribution in [0, 0.1) is 11.7 Å². The van der Waals surface area contributed by atoms with E-state index in [1.807, 2.05) is 0 Å². The fourth-order valence-electron chi connectivity index (χ4n) is 3.61. The van der Waals surface area contributed by atoms with E-state index < -0.39 is 21.4 Å². The molecule has 1 aromatic carbocycles. The molecule has 0 unspecified atom stereocenters. The van der Waals surface area contributed by atoms with E-state index in [0.29, 0.717) is 11.5 Å². The van der Waals surface area contributed by atoms with Crippen LogP contribution in [0.1, 0.15) is 36.5 Å². The number of nitrogens with zero attached hydrogens (tertiary/aromatic N) is 2. The van der Waals surface area contributed by atoms with Gasteiger partial charge >= 0.3 is 0 Å². The number of fused-ring (bicyclic) bond motifs is 1. The van der Waals surface area contributed by atoms with Crippen molar-refractivity contribution < 1.29 is 12.8 Å². The van der Waals surface area contributed by atoms with Gasteiger partial charge in [-0.25, -0.2) is 22.1 Å². The van der Waals surface area contributed by atoms with Crippen molar-refractivity contribution in [1.82, 2.24) is 4.31 Å². The molecule has 0 bridgehead atoms. The molecule has 3 aliphatic rings. The Hall–Kier alpha value is -1.89. The molecular formula is C17H20FN3O2S. The Morgan fingerprint density at radius 3 is 2.71 bits per heavy atom. The lowest BCUT2D eigenvalue weighted by Crippen LogP contribution is -2.50. The zero-order valence-corrected chi connectivity index (χ0v) is 14.5. The number of hydrogen-bond acceptors (Lipinski definition) is 4. The molecule has 1 aromatic rings. The minimum atomic E-state index is -3.61. The normalized spacial score (nSPS) is 28.4. The number of nitrogens with two attached hydrogens (primary N) is 1. The molecule has 0 radical (unpaired) electrons. The molecule has 1 saturated carbocycles. The standard InChI is InChI=1S/C17H20FN3O2S/c1-17(9-24(22,23)21(2)16(19)20-17)14-7-12-5-11(10-3-4-10)6-13(12)8-15(14)18/h6-8,10H,3-5,9H2,1-2H3,(H2,19,20)/t17-/m0/s1. The number of aliphatic imine (C=N–C) groups is 1. The maximum Gasteiger partial charge on any atom is 0.239 e. The summed E-state index contributed by atoms with van der Waals surface area (Å²) in [5.41, 5.74) is 8.14. The van der Waals surface area contributed by atoms with Gasteiger partial charge in [-0.2, -0.15) is 0 Å². The molecule has 0 saturated heterocycles. The molecule has 1 atom stereocenters. The third kappa shape index (κ3) is 2.33. The predicted molar refractivity (Wildman–Crippen MR) is 91.3 cm³/mol. The first kappa shape index (κ1) is 15.6. The van der Waals surface area contributed by atoms with E-state index >= 15 is 0 Å². The number of hydrogen-bond donors (Lipinski definition) is 1. The van der Waals surface area contributed by atoms with Crippen LogP contribution in [-0.2, 0) is 22.0 Å². The second kappa shape index (κ2) is 4.81. The van der Waals surface area contributed by atoms with Crippen LogP contribution in [-0.4, -0.2) is 31.5 Å². The van der Waals surface area contributed by atoms with Crippen molar-refractivity contribution >= 4 is 22.1 Å². The Morgan fingerprint density at radius 2 is 2.08 bits per heavy atom. The van der Waals surface area contributed by atoms with Gasteiger partial charge in [-0.15, -0.1) is 0 Å². The maximum absolute atomic E-state index is 14.7. The summed E-state index contributed by atoms with van der Waals surface area (Å²) in [6.07, 6.45) is 5.30. The first-order valence-electron chi connectivity index (χ1n) is 8.05. The summed E-state index contributed by atoms with van der Waals surface area (Å²) in [5, 5.41) is 0. The number of guanidine groups is 1. The van der Waals surface area contributed by atoms with Crippen LogP contribution in [0.3, 0.4) is 0 Å². The first-order valence-corrected chi connectivity index (χ1v) is 9.66. The smallest absolute Gasteiger partial charge is 0.239 e. The summed E-state index contributed by atoms with van der Waals surface area (Å²) < 4.78 is 40.3. The van der Waals surface area contributed by atoms with E-state index in [9.17, 15) is 12.8 Å². The van der Waals surface area contributed by atoms with Gasteiger partial charge in [-0.1, -0.05) is 11.6 Å². The average molecular weight is 349 g/mol. The van der Waals surface area contributed by atoms with Crippen LogP contribution in [0.2, 0.25) is 0 Å². The van der Waals surface area contributed by atoms with Crippen molar-refractivity contribution in [3.05, 3.63) is 40.2 Å². The third-order valence-electron chi connectivity index (χ3n) is 5.21. The minimum absolute atomic E-state index is 0.111. The highest BCUT2D eigenvalue weighted by Crippen LogP contribution is 2.44. The second-order valence-corrected chi connectivity index (χ2v) is 9.17. The lowest BCUT2D eigenvalue weighted by atomic mass is 9.91. The molecule has 2 N–H and O–H groups in total. The van der Waals surface area contributed by atoms with Gasteiger partial charge in [-0.05, 0) is 55.4 Å². The topological polar surface area (TPSA) is 75.8 Å². The summed E-state index contributed by atoms with van der Waals surface area (Å²) in [4.78, 5) is 4.30. The molecular weight excluding hydrogens is 329 g/mol. The van der Waals surface area contributed by atoms with Crippen molar-refractivity contribution in [3.8, 4) is 0 Å². The minimum Gasteiger partial charge on any atom is -0.369 e. The lowest BCUT2D eigenvalue weighted by Gasteiger charge is -2.34. The van der Waals surface area contributed by atoms with Crippen molar-refractivity contribution in [1.29, 1.82) is 0 Å². The van der Waals surface area contributed by atoms with Gasteiger partial charge in [0.1, 0.15) is 11.4 Å². The number of rotatable bonds is 2.